The highest BCUT2D eigenvalue weighted by molar-refractivity contribution is 8.01. The fourth-order valence-electron chi connectivity index (χ4n) is 1.70. The molecule has 2 heterocycles. The van der Waals surface area contributed by atoms with Gasteiger partial charge in [0.15, 0.2) is 4.34 Å². The van der Waals surface area contributed by atoms with E-state index in [4.69, 9.17) is 5.11 Å². The number of carbonyl (C=O) groups is 2. The van der Waals surface area contributed by atoms with Crippen LogP contribution in [0.5, 0.6) is 0 Å². The van der Waals surface area contributed by atoms with Gasteiger partial charge in [-0.25, -0.2) is 0 Å². The third kappa shape index (κ3) is 3.58. The molecule has 0 aliphatic carbocycles. The molecule has 0 unspecified atom stereocenters. The summed E-state index contributed by atoms with van der Waals surface area (Å²) in [7, 11) is 1.77. The van der Waals surface area contributed by atoms with E-state index in [2.05, 4.69) is 20.6 Å². The van der Waals surface area contributed by atoms with E-state index in [9.17, 15) is 9.59 Å². The molecule has 0 bridgehead atoms. The van der Waals surface area contributed by atoms with Crippen LogP contribution in [-0.4, -0.2) is 42.7 Å². The lowest BCUT2D eigenvalue weighted by atomic mass is 10.2. The Bertz CT molecular complexity index is 694. The summed E-state index contributed by atoms with van der Waals surface area (Å²) in [6.45, 7) is 3.57. The number of carboxylic acids is 1. The maximum absolute atomic E-state index is 12.2. The van der Waals surface area contributed by atoms with Gasteiger partial charge in [-0.3, -0.25) is 19.6 Å². The molecule has 8 nitrogen and oxygen atoms in total. The number of nitrogens with zero attached hydrogens (tertiary/aromatic N) is 4. The van der Waals surface area contributed by atoms with Crippen LogP contribution in [0.1, 0.15) is 21.7 Å². The number of carbonyl (C=O) groups excluding carboxylic acids is 1. The molecule has 0 fully saturated rings. The molecule has 2 aromatic heterocycles. The lowest BCUT2D eigenvalue weighted by Gasteiger charge is -2.01. The van der Waals surface area contributed by atoms with Crippen LogP contribution in [0, 0.1) is 13.8 Å². The minimum Gasteiger partial charge on any atom is -0.481 e. The quantitative estimate of drug-likeness (QED) is 0.629. The van der Waals surface area contributed by atoms with Crippen molar-refractivity contribution in [1.29, 1.82) is 0 Å². The molecule has 0 atom stereocenters. The predicted octanol–water partition coefficient (Wildman–Crippen LogP) is 1.32. The lowest BCUT2D eigenvalue weighted by molar-refractivity contribution is -0.133. The largest absolute Gasteiger partial charge is 0.481 e. The molecule has 2 N–H and O–H groups in total. The number of thioether (sulfide) groups is 1. The van der Waals surface area contributed by atoms with Crippen molar-refractivity contribution in [2.45, 2.75) is 18.2 Å². The van der Waals surface area contributed by atoms with Gasteiger partial charge in [0, 0.05) is 12.7 Å². The first-order valence-corrected chi connectivity index (χ1v) is 7.68. The van der Waals surface area contributed by atoms with E-state index in [-0.39, 0.29) is 11.7 Å². The summed E-state index contributed by atoms with van der Waals surface area (Å²) in [5, 5.41) is 23.4. The minimum atomic E-state index is -0.928. The Balaban J connectivity index is 2.08. The summed E-state index contributed by atoms with van der Waals surface area (Å²) in [5.41, 5.74) is 1.90. The fourth-order valence-corrected chi connectivity index (χ4v) is 3.17. The molecule has 10 heteroatoms. The van der Waals surface area contributed by atoms with Crippen molar-refractivity contribution in [3.63, 3.8) is 0 Å². The number of aromatic nitrogens is 4. The second kappa shape index (κ2) is 6.22. The predicted molar refractivity (Wildman–Crippen MR) is 78.9 cm³/mol. The maximum atomic E-state index is 12.2. The Morgan fingerprint density at radius 2 is 2.10 bits per heavy atom. The average molecular weight is 327 g/mol. The van der Waals surface area contributed by atoms with Gasteiger partial charge in [0.1, 0.15) is 0 Å². The number of hydrogen-bond donors (Lipinski definition) is 2. The molecule has 2 aromatic rings. The van der Waals surface area contributed by atoms with Gasteiger partial charge in [-0.1, -0.05) is 23.1 Å². The number of nitrogens with one attached hydrogen (secondary N) is 1. The van der Waals surface area contributed by atoms with E-state index in [1.165, 1.54) is 0 Å². The number of aliphatic carboxylic acids is 1. The van der Waals surface area contributed by atoms with Crippen LogP contribution in [0.4, 0.5) is 5.13 Å². The van der Waals surface area contributed by atoms with Crippen LogP contribution in [0.2, 0.25) is 0 Å². The van der Waals surface area contributed by atoms with Gasteiger partial charge >= 0.3 is 5.97 Å². The number of amides is 1. The zero-order valence-corrected chi connectivity index (χ0v) is 13.2. The van der Waals surface area contributed by atoms with Gasteiger partial charge < -0.3 is 5.11 Å². The van der Waals surface area contributed by atoms with Gasteiger partial charge in [-0.15, -0.1) is 10.2 Å². The number of carboxylic acid groups (broad SMARTS) is 1. The van der Waals surface area contributed by atoms with Gasteiger partial charge in [0.2, 0.25) is 5.13 Å². The molecule has 112 valence electrons. The molecule has 2 rings (SSSR count). The summed E-state index contributed by atoms with van der Waals surface area (Å²) in [5.74, 6) is -1.32. The Hall–Kier alpha value is -1.94. The van der Waals surface area contributed by atoms with E-state index in [0.29, 0.717) is 20.7 Å². The minimum absolute atomic E-state index is 0.0938. The molecule has 0 saturated heterocycles. The Morgan fingerprint density at radius 3 is 2.67 bits per heavy atom. The number of rotatable bonds is 5. The van der Waals surface area contributed by atoms with Gasteiger partial charge in [-0.2, -0.15) is 5.10 Å². The molecule has 1 amide bonds. The summed E-state index contributed by atoms with van der Waals surface area (Å²) in [4.78, 5) is 22.7. The third-order valence-electron chi connectivity index (χ3n) is 2.68. The third-order valence-corrected chi connectivity index (χ3v) is 4.64. The van der Waals surface area contributed by atoms with E-state index in [1.54, 1.807) is 18.7 Å². The van der Waals surface area contributed by atoms with Crippen LogP contribution in [0.25, 0.3) is 0 Å². The average Bonchev–Trinajstić information content (AvgIpc) is 2.93. The highest BCUT2D eigenvalue weighted by Gasteiger charge is 2.19. The van der Waals surface area contributed by atoms with Crippen molar-refractivity contribution in [3.05, 3.63) is 17.0 Å². The van der Waals surface area contributed by atoms with Crippen molar-refractivity contribution in [2.24, 2.45) is 7.05 Å². The molecule has 0 radical (unpaired) electrons. The second-order valence-corrected chi connectivity index (χ2v) is 6.38. The topological polar surface area (TPSA) is 110 Å². The smallest absolute Gasteiger partial charge is 0.313 e. The summed E-state index contributed by atoms with van der Waals surface area (Å²) >= 11 is 2.19. The molecule has 0 aliphatic heterocycles. The van der Waals surface area contributed by atoms with E-state index < -0.39 is 5.97 Å². The lowest BCUT2D eigenvalue weighted by Crippen LogP contribution is -2.13. The van der Waals surface area contributed by atoms with Crippen molar-refractivity contribution in [3.8, 4) is 0 Å². The Morgan fingerprint density at radius 1 is 1.38 bits per heavy atom. The van der Waals surface area contributed by atoms with Crippen LogP contribution in [0.3, 0.4) is 0 Å². The Kier molecular flexibility index (Phi) is 4.58. The molecular weight excluding hydrogens is 314 g/mol. The van der Waals surface area contributed by atoms with Crippen LogP contribution < -0.4 is 5.32 Å². The first kappa shape index (κ1) is 15.4. The SMILES string of the molecule is Cc1nn(C)c(C)c1C(=O)Nc1nnc(SCC(=O)O)s1. The Labute approximate surface area is 128 Å². The zero-order chi connectivity index (χ0) is 15.6. The molecule has 21 heavy (non-hydrogen) atoms. The molecule has 0 spiro atoms. The highest BCUT2D eigenvalue weighted by Crippen LogP contribution is 2.26. The highest BCUT2D eigenvalue weighted by atomic mass is 32.2. The van der Waals surface area contributed by atoms with Gasteiger partial charge in [0.05, 0.1) is 17.0 Å². The number of aryl methyl sites for hydroxylation is 2. The number of hydrogen-bond acceptors (Lipinski definition) is 7. The van der Waals surface area contributed by atoms with Crippen molar-refractivity contribution < 1.29 is 14.7 Å². The summed E-state index contributed by atoms with van der Waals surface area (Å²) in [6, 6.07) is 0. The first-order valence-electron chi connectivity index (χ1n) is 5.88. The maximum Gasteiger partial charge on any atom is 0.313 e. The van der Waals surface area contributed by atoms with Crippen molar-refractivity contribution in [2.75, 3.05) is 11.1 Å². The summed E-state index contributed by atoms with van der Waals surface area (Å²) in [6.07, 6.45) is 0. The van der Waals surface area contributed by atoms with E-state index in [1.807, 2.05) is 6.92 Å². The molecule has 0 aliphatic rings. The monoisotopic (exact) mass is 327 g/mol. The normalized spacial score (nSPS) is 10.6. The summed E-state index contributed by atoms with van der Waals surface area (Å²) < 4.78 is 2.13. The van der Waals surface area contributed by atoms with Crippen LogP contribution in [0.15, 0.2) is 4.34 Å². The number of anilines is 1. The molecule has 0 saturated carbocycles. The van der Waals surface area contributed by atoms with E-state index in [0.717, 1.165) is 28.8 Å². The zero-order valence-electron chi connectivity index (χ0n) is 11.6. The van der Waals surface area contributed by atoms with E-state index >= 15 is 0 Å². The van der Waals surface area contributed by atoms with Crippen LogP contribution in [-0.2, 0) is 11.8 Å². The first-order chi connectivity index (χ1) is 9.88. The fraction of sp³-hybridized carbons (Fsp3) is 0.364. The standard InChI is InChI=1S/C11H13N5O3S2/c1-5-8(6(2)16(3)15-5)9(19)12-10-13-14-11(21-10)20-4-7(17)18/h4H2,1-3H3,(H,17,18)(H,12,13,19). The van der Waals surface area contributed by atoms with Gasteiger partial charge in [0.25, 0.3) is 5.91 Å². The molecular formula is C11H13N5O3S2. The molecule has 0 aromatic carbocycles. The van der Waals surface area contributed by atoms with Crippen LogP contribution >= 0.6 is 23.1 Å². The van der Waals surface area contributed by atoms with Crippen molar-refractivity contribution in [1.82, 2.24) is 20.0 Å². The van der Waals surface area contributed by atoms with Crippen molar-refractivity contribution >= 4 is 40.1 Å². The van der Waals surface area contributed by atoms with Gasteiger partial charge in [-0.05, 0) is 13.8 Å². The second-order valence-electron chi connectivity index (χ2n) is 4.18.